The molecule has 1 aromatic heterocycles. The summed E-state index contributed by atoms with van der Waals surface area (Å²) in [6, 6.07) is 3.37. The predicted molar refractivity (Wildman–Crippen MR) is 80.0 cm³/mol. The van der Waals surface area contributed by atoms with Crippen molar-refractivity contribution >= 4 is 23.1 Å². The number of methoxy groups -OCH3 is 2. The molecule has 0 atom stereocenters. The number of aromatic nitrogens is 1. The van der Waals surface area contributed by atoms with E-state index in [4.69, 9.17) is 27.4 Å². The minimum atomic E-state index is -0.178. The number of ether oxygens (including phenoxy) is 2. The van der Waals surface area contributed by atoms with Crippen LogP contribution in [0.15, 0.2) is 18.3 Å². The fourth-order valence-corrected chi connectivity index (χ4v) is 1.74. The molecule has 0 saturated carbocycles. The maximum Gasteiger partial charge on any atom is 0.259 e. The van der Waals surface area contributed by atoms with Gasteiger partial charge in [0.2, 0.25) is 5.88 Å². The first-order valence-electron chi connectivity index (χ1n) is 6.15. The van der Waals surface area contributed by atoms with Crippen molar-refractivity contribution in [3.8, 4) is 5.88 Å². The summed E-state index contributed by atoms with van der Waals surface area (Å²) >= 11 is 4.85. The van der Waals surface area contributed by atoms with Crippen molar-refractivity contribution < 1.29 is 14.3 Å². The number of amides is 1. The van der Waals surface area contributed by atoms with Crippen molar-refractivity contribution in [2.24, 2.45) is 5.73 Å². The number of carbonyl (C=O) groups excluding carboxylic acids is 1. The van der Waals surface area contributed by atoms with Gasteiger partial charge in [-0.2, -0.15) is 0 Å². The first-order chi connectivity index (χ1) is 9.60. The highest BCUT2D eigenvalue weighted by molar-refractivity contribution is 7.80. The van der Waals surface area contributed by atoms with Crippen LogP contribution in [-0.2, 0) is 4.74 Å². The quantitative estimate of drug-likeness (QED) is 0.717. The number of carbonyl (C=O) groups is 1. The van der Waals surface area contributed by atoms with Crippen molar-refractivity contribution in [1.29, 1.82) is 0 Å². The van der Waals surface area contributed by atoms with Crippen molar-refractivity contribution in [3.63, 3.8) is 0 Å². The number of thiocarbonyl (C=S) groups is 1. The van der Waals surface area contributed by atoms with Crippen LogP contribution in [0.25, 0.3) is 0 Å². The van der Waals surface area contributed by atoms with E-state index in [-0.39, 0.29) is 5.91 Å². The standard InChI is InChI=1S/C13H19N3O3S/c1-18-9-8-16(7-5-11(14)20)13(17)10-4-3-6-15-12(10)19-2/h3-4,6H,5,7-9H2,1-2H3,(H2,14,20). The zero-order valence-corrected chi connectivity index (χ0v) is 12.5. The van der Waals surface area contributed by atoms with Crippen molar-refractivity contribution in [1.82, 2.24) is 9.88 Å². The van der Waals surface area contributed by atoms with Crippen LogP contribution in [0, 0.1) is 0 Å². The van der Waals surface area contributed by atoms with Crippen molar-refractivity contribution in [2.45, 2.75) is 6.42 Å². The molecule has 0 aliphatic rings. The maximum absolute atomic E-state index is 12.5. The smallest absolute Gasteiger partial charge is 0.259 e. The first-order valence-corrected chi connectivity index (χ1v) is 6.56. The molecule has 1 aromatic rings. The molecule has 0 radical (unpaired) electrons. The number of rotatable bonds is 8. The summed E-state index contributed by atoms with van der Waals surface area (Å²) in [5.41, 5.74) is 5.90. The van der Waals surface area contributed by atoms with E-state index in [1.165, 1.54) is 7.11 Å². The van der Waals surface area contributed by atoms with E-state index in [1.54, 1.807) is 30.3 Å². The number of hydrogen-bond acceptors (Lipinski definition) is 5. The summed E-state index contributed by atoms with van der Waals surface area (Å²) in [5, 5.41) is 0. The van der Waals surface area contributed by atoms with Gasteiger partial charge in [0.25, 0.3) is 5.91 Å². The van der Waals surface area contributed by atoms with Crippen molar-refractivity contribution in [3.05, 3.63) is 23.9 Å². The van der Waals surface area contributed by atoms with Gasteiger partial charge in [0, 0.05) is 32.8 Å². The molecule has 2 N–H and O–H groups in total. The molecule has 0 saturated heterocycles. The molecular formula is C13H19N3O3S. The van der Waals surface area contributed by atoms with Gasteiger partial charge in [0.05, 0.1) is 18.7 Å². The zero-order valence-electron chi connectivity index (χ0n) is 11.7. The largest absolute Gasteiger partial charge is 0.480 e. The Kier molecular flexibility index (Phi) is 6.89. The molecule has 6 nitrogen and oxygen atoms in total. The van der Waals surface area contributed by atoms with E-state index >= 15 is 0 Å². The maximum atomic E-state index is 12.5. The van der Waals surface area contributed by atoms with E-state index in [2.05, 4.69) is 4.98 Å². The molecule has 0 fully saturated rings. The number of hydrogen-bond donors (Lipinski definition) is 1. The number of pyridine rings is 1. The fourth-order valence-electron chi connectivity index (χ4n) is 1.65. The Bertz CT molecular complexity index is 468. The molecule has 110 valence electrons. The minimum absolute atomic E-state index is 0.178. The number of nitrogens with two attached hydrogens (primary N) is 1. The average Bonchev–Trinajstić information content (AvgIpc) is 2.46. The second-order valence-corrected chi connectivity index (χ2v) is 4.59. The van der Waals surface area contributed by atoms with Crippen LogP contribution >= 0.6 is 12.2 Å². The average molecular weight is 297 g/mol. The molecule has 0 aromatic carbocycles. The Hall–Kier alpha value is -1.73. The molecule has 1 rings (SSSR count). The van der Waals surface area contributed by atoms with Crippen LogP contribution in [0.2, 0.25) is 0 Å². The Balaban J connectivity index is 2.87. The summed E-state index contributed by atoms with van der Waals surface area (Å²) in [5.74, 6) is 0.124. The lowest BCUT2D eigenvalue weighted by Gasteiger charge is -2.22. The molecule has 0 aliphatic carbocycles. The highest BCUT2D eigenvalue weighted by Crippen LogP contribution is 2.16. The van der Waals surface area contributed by atoms with Gasteiger partial charge >= 0.3 is 0 Å². The van der Waals surface area contributed by atoms with Gasteiger partial charge in [-0.05, 0) is 12.1 Å². The van der Waals surface area contributed by atoms with E-state index < -0.39 is 0 Å². The molecule has 0 unspecified atom stereocenters. The minimum Gasteiger partial charge on any atom is -0.480 e. The molecule has 0 bridgehead atoms. The summed E-state index contributed by atoms with van der Waals surface area (Å²) in [6.45, 7) is 1.33. The van der Waals surface area contributed by atoms with Gasteiger partial charge in [0.1, 0.15) is 5.56 Å². The van der Waals surface area contributed by atoms with E-state index in [0.717, 1.165) is 0 Å². The van der Waals surface area contributed by atoms with Gasteiger partial charge in [-0.15, -0.1) is 0 Å². The summed E-state index contributed by atoms with van der Waals surface area (Å²) in [4.78, 5) is 18.5. The SMILES string of the molecule is COCCN(CCC(N)=S)C(=O)c1cccnc1OC. The highest BCUT2D eigenvalue weighted by atomic mass is 32.1. The third kappa shape index (κ3) is 4.75. The van der Waals surface area contributed by atoms with E-state index in [1.807, 2.05) is 0 Å². The third-order valence-corrected chi connectivity index (χ3v) is 2.88. The van der Waals surface area contributed by atoms with Crippen LogP contribution in [0.4, 0.5) is 0 Å². The second-order valence-electron chi connectivity index (χ2n) is 4.06. The Morgan fingerprint density at radius 1 is 1.45 bits per heavy atom. The van der Waals surface area contributed by atoms with Gasteiger partial charge in [-0.1, -0.05) is 12.2 Å². The van der Waals surface area contributed by atoms with Gasteiger partial charge in [0.15, 0.2) is 0 Å². The second kappa shape index (κ2) is 8.44. The summed E-state index contributed by atoms with van der Waals surface area (Å²) < 4.78 is 10.1. The summed E-state index contributed by atoms with van der Waals surface area (Å²) in [6.07, 6.45) is 2.04. The Morgan fingerprint density at radius 2 is 2.20 bits per heavy atom. The number of nitrogens with zero attached hydrogens (tertiary/aromatic N) is 2. The Morgan fingerprint density at radius 3 is 2.80 bits per heavy atom. The molecule has 0 spiro atoms. The van der Waals surface area contributed by atoms with Crippen LogP contribution in [0.1, 0.15) is 16.8 Å². The lowest BCUT2D eigenvalue weighted by Crippen LogP contribution is -2.36. The van der Waals surface area contributed by atoms with Crippen LogP contribution < -0.4 is 10.5 Å². The fraction of sp³-hybridized carbons (Fsp3) is 0.462. The lowest BCUT2D eigenvalue weighted by atomic mass is 10.2. The van der Waals surface area contributed by atoms with Gasteiger partial charge < -0.3 is 20.1 Å². The lowest BCUT2D eigenvalue weighted by molar-refractivity contribution is 0.0697. The molecule has 1 heterocycles. The zero-order chi connectivity index (χ0) is 15.0. The predicted octanol–water partition coefficient (Wildman–Crippen LogP) is 0.855. The van der Waals surface area contributed by atoms with Gasteiger partial charge in [-0.3, -0.25) is 4.79 Å². The van der Waals surface area contributed by atoms with E-state index in [0.29, 0.717) is 42.5 Å². The van der Waals surface area contributed by atoms with Crippen LogP contribution in [-0.4, -0.2) is 54.7 Å². The van der Waals surface area contributed by atoms with Crippen LogP contribution in [0.3, 0.4) is 0 Å². The van der Waals surface area contributed by atoms with E-state index in [9.17, 15) is 4.79 Å². The molecule has 20 heavy (non-hydrogen) atoms. The topological polar surface area (TPSA) is 77.7 Å². The monoisotopic (exact) mass is 297 g/mol. The normalized spacial score (nSPS) is 10.1. The Labute approximate surface area is 123 Å². The van der Waals surface area contributed by atoms with Crippen molar-refractivity contribution in [2.75, 3.05) is 33.9 Å². The molecule has 0 aliphatic heterocycles. The third-order valence-electron chi connectivity index (χ3n) is 2.68. The first kappa shape index (κ1) is 16.3. The van der Waals surface area contributed by atoms with Gasteiger partial charge in [-0.25, -0.2) is 4.98 Å². The highest BCUT2D eigenvalue weighted by Gasteiger charge is 2.19. The molecule has 1 amide bonds. The molecular weight excluding hydrogens is 278 g/mol. The summed E-state index contributed by atoms with van der Waals surface area (Å²) in [7, 11) is 3.06. The molecule has 7 heteroatoms. The van der Waals surface area contributed by atoms with Crippen LogP contribution in [0.5, 0.6) is 5.88 Å².